The summed E-state index contributed by atoms with van der Waals surface area (Å²) in [5.74, 6) is 2.08. The first-order chi connectivity index (χ1) is 6.26. The molecular formula is C12H22O. The molecule has 1 rings (SSSR count). The predicted octanol–water partition coefficient (Wildman–Crippen LogP) is 3.57. The molecule has 0 saturated heterocycles. The van der Waals surface area contributed by atoms with E-state index in [1.807, 2.05) is 6.92 Å². The van der Waals surface area contributed by atoms with Crippen molar-refractivity contribution < 1.29 is 4.79 Å². The normalized spacial score (nSPS) is 28.8. The highest BCUT2D eigenvalue weighted by Gasteiger charge is 2.21. The van der Waals surface area contributed by atoms with Crippen LogP contribution >= 0.6 is 0 Å². The van der Waals surface area contributed by atoms with E-state index in [1.54, 1.807) is 0 Å². The van der Waals surface area contributed by atoms with Crippen LogP contribution in [0, 0.1) is 11.8 Å². The summed E-state index contributed by atoms with van der Waals surface area (Å²) in [7, 11) is 0. The Morgan fingerprint density at radius 2 is 1.92 bits per heavy atom. The van der Waals surface area contributed by atoms with Crippen LogP contribution in [0.3, 0.4) is 0 Å². The largest absolute Gasteiger partial charge is 0.300 e. The Balaban J connectivity index is 2.29. The van der Waals surface area contributed by atoms with Gasteiger partial charge in [-0.1, -0.05) is 39.5 Å². The van der Waals surface area contributed by atoms with Gasteiger partial charge >= 0.3 is 0 Å². The Kier molecular flexibility index (Phi) is 4.47. The molecule has 2 atom stereocenters. The number of rotatable bonds is 4. The second-order valence-corrected chi connectivity index (χ2v) is 4.40. The van der Waals surface area contributed by atoms with E-state index < -0.39 is 0 Å². The fourth-order valence-electron chi connectivity index (χ4n) is 2.42. The van der Waals surface area contributed by atoms with Crippen molar-refractivity contribution in [1.29, 1.82) is 0 Å². The Labute approximate surface area is 81.9 Å². The molecule has 1 saturated carbocycles. The summed E-state index contributed by atoms with van der Waals surface area (Å²) < 4.78 is 0. The van der Waals surface area contributed by atoms with Gasteiger partial charge in [-0.25, -0.2) is 0 Å². The van der Waals surface area contributed by atoms with E-state index in [0.717, 1.165) is 18.8 Å². The van der Waals surface area contributed by atoms with Gasteiger partial charge in [0, 0.05) is 12.8 Å². The second-order valence-electron chi connectivity index (χ2n) is 4.40. The maximum atomic E-state index is 11.3. The van der Waals surface area contributed by atoms with Crippen molar-refractivity contribution >= 4 is 5.78 Å². The third-order valence-electron chi connectivity index (χ3n) is 3.38. The molecule has 76 valence electrons. The molecule has 0 amide bonds. The minimum Gasteiger partial charge on any atom is -0.300 e. The van der Waals surface area contributed by atoms with Gasteiger partial charge in [-0.15, -0.1) is 0 Å². The average Bonchev–Trinajstić information content (AvgIpc) is 2.18. The van der Waals surface area contributed by atoms with Gasteiger partial charge in [-0.2, -0.15) is 0 Å². The van der Waals surface area contributed by atoms with Gasteiger partial charge in [-0.05, 0) is 18.3 Å². The van der Waals surface area contributed by atoms with Crippen LogP contribution in [0.25, 0.3) is 0 Å². The summed E-state index contributed by atoms with van der Waals surface area (Å²) >= 11 is 0. The standard InChI is InChI=1S/C12H22O/c1-3-10-6-5-7-11(8-10)9-12(13)4-2/h10-11H,3-9H2,1-2H3. The molecule has 2 unspecified atom stereocenters. The van der Waals surface area contributed by atoms with Gasteiger partial charge < -0.3 is 0 Å². The molecule has 0 N–H and O–H groups in total. The number of carbonyl (C=O) groups excluding carboxylic acids is 1. The van der Waals surface area contributed by atoms with Gasteiger partial charge in [0.05, 0.1) is 0 Å². The highest BCUT2D eigenvalue weighted by Crippen LogP contribution is 2.32. The molecule has 0 radical (unpaired) electrons. The van der Waals surface area contributed by atoms with Gasteiger partial charge in [0.25, 0.3) is 0 Å². The predicted molar refractivity (Wildman–Crippen MR) is 55.7 cm³/mol. The lowest BCUT2D eigenvalue weighted by Gasteiger charge is -2.27. The average molecular weight is 182 g/mol. The smallest absolute Gasteiger partial charge is 0.132 e. The van der Waals surface area contributed by atoms with Crippen molar-refractivity contribution in [3.63, 3.8) is 0 Å². The highest BCUT2D eigenvalue weighted by molar-refractivity contribution is 5.78. The fourth-order valence-corrected chi connectivity index (χ4v) is 2.42. The van der Waals surface area contributed by atoms with Crippen LogP contribution in [0.5, 0.6) is 0 Å². The number of hydrogen-bond donors (Lipinski definition) is 0. The molecule has 0 aliphatic heterocycles. The third-order valence-corrected chi connectivity index (χ3v) is 3.38. The molecule has 1 nitrogen and oxygen atoms in total. The van der Waals surface area contributed by atoms with Crippen molar-refractivity contribution in [2.45, 2.75) is 58.8 Å². The van der Waals surface area contributed by atoms with Crippen LogP contribution in [0.4, 0.5) is 0 Å². The molecular weight excluding hydrogens is 160 g/mol. The zero-order chi connectivity index (χ0) is 9.68. The Morgan fingerprint density at radius 1 is 1.23 bits per heavy atom. The molecule has 1 fully saturated rings. The molecule has 0 aromatic rings. The van der Waals surface area contributed by atoms with Gasteiger partial charge in [0.15, 0.2) is 0 Å². The molecule has 0 spiro atoms. The van der Waals surface area contributed by atoms with Crippen molar-refractivity contribution in [2.24, 2.45) is 11.8 Å². The lowest BCUT2D eigenvalue weighted by molar-refractivity contribution is -0.120. The lowest BCUT2D eigenvalue weighted by Crippen LogP contribution is -2.17. The first-order valence-corrected chi connectivity index (χ1v) is 5.77. The minimum absolute atomic E-state index is 0.460. The van der Waals surface area contributed by atoms with Gasteiger partial charge in [0.1, 0.15) is 5.78 Å². The molecule has 1 aliphatic rings. The van der Waals surface area contributed by atoms with Crippen LogP contribution in [0.1, 0.15) is 58.8 Å². The maximum Gasteiger partial charge on any atom is 0.132 e. The maximum absolute atomic E-state index is 11.3. The molecule has 1 aliphatic carbocycles. The molecule has 0 heterocycles. The highest BCUT2D eigenvalue weighted by atomic mass is 16.1. The van der Waals surface area contributed by atoms with Gasteiger partial charge in [-0.3, -0.25) is 4.79 Å². The zero-order valence-electron chi connectivity index (χ0n) is 9.01. The summed E-state index contributed by atoms with van der Waals surface area (Å²) in [6, 6.07) is 0. The monoisotopic (exact) mass is 182 g/mol. The van der Waals surface area contributed by atoms with E-state index in [9.17, 15) is 4.79 Å². The topological polar surface area (TPSA) is 17.1 Å². The summed E-state index contributed by atoms with van der Waals surface area (Å²) in [6.45, 7) is 4.25. The second kappa shape index (κ2) is 5.41. The summed E-state index contributed by atoms with van der Waals surface area (Å²) in [5, 5.41) is 0. The molecule has 0 aromatic carbocycles. The lowest BCUT2D eigenvalue weighted by atomic mass is 9.78. The van der Waals surface area contributed by atoms with Crippen molar-refractivity contribution in [2.75, 3.05) is 0 Å². The van der Waals surface area contributed by atoms with Crippen LogP contribution < -0.4 is 0 Å². The molecule has 0 bridgehead atoms. The van der Waals surface area contributed by atoms with Crippen LogP contribution in [-0.4, -0.2) is 5.78 Å². The van der Waals surface area contributed by atoms with E-state index in [0.29, 0.717) is 11.7 Å². The SMILES string of the molecule is CCC(=O)CC1CCCC(CC)C1. The van der Waals surface area contributed by atoms with Gasteiger partial charge in [0.2, 0.25) is 0 Å². The van der Waals surface area contributed by atoms with Crippen molar-refractivity contribution in [3.05, 3.63) is 0 Å². The number of carbonyl (C=O) groups is 1. The van der Waals surface area contributed by atoms with E-state index in [2.05, 4.69) is 6.92 Å². The fraction of sp³-hybridized carbons (Fsp3) is 0.917. The van der Waals surface area contributed by atoms with Crippen LogP contribution in [0.15, 0.2) is 0 Å². The molecule has 0 aromatic heterocycles. The molecule has 13 heavy (non-hydrogen) atoms. The Morgan fingerprint density at radius 3 is 2.54 bits per heavy atom. The summed E-state index contributed by atoms with van der Waals surface area (Å²) in [6.07, 6.45) is 8.23. The van der Waals surface area contributed by atoms with Crippen molar-refractivity contribution in [3.8, 4) is 0 Å². The van der Waals surface area contributed by atoms with E-state index in [4.69, 9.17) is 0 Å². The number of ketones is 1. The van der Waals surface area contributed by atoms with E-state index in [-0.39, 0.29) is 0 Å². The quantitative estimate of drug-likeness (QED) is 0.649. The molecule has 1 heteroatoms. The summed E-state index contributed by atoms with van der Waals surface area (Å²) in [5.41, 5.74) is 0. The van der Waals surface area contributed by atoms with Crippen molar-refractivity contribution in [1.82, 2.24) is 0 Å². The Hall–Kier alpha value is -0.330. The minimum atomic E-state index is 0.460. The van der Waals surface area contributed by atoms with Crippen LogP contribution in [-0.2, 0) is 4.79 Å². The first-order valence-electron chi connectivity index (χ1n) is 5.77. The van der Waals surface area contributed by atoms with E-state index >= 15 is 0 Å². The third kappa shape index (κ3) is 3.50. The number of Topliss-reactive ketones (excluding diaryl/α,β-unsaturated/α-hetero) is 1. The van der Waals surface area contributed by atoms with E-state index in [1.165, 1.54) is 32.1 Å². The Bertz CT molecular complexity index is 163. The zero-order valence-corrected chi connectivity index (χ0v) is 9.01. The first kappa shape index (κ1) is 10.7. The van der Waals surface area contributed by atoms with Crippen LogP contribution in [0.2, 0.25) is 0 Å². The summed E-state index contributed by atoms with van der Waals surface area (Å²) in [4.78, 5) is 11.3. The number of hydrogen-bond acceptors (Lipinski definition) is 1.